The molecule has 2 heterocycles. The standard InChI is InChI=1S/C22H24F3N3O4/c1-11-8-26-14(12(2)19(11)32-5)10-28-9-13(20(27-28)22(23,24)25)18(31)17-15(29)6-21(3,4)7-16(17)30/h8-9,29H,6-7,10H2,1-5H3. The van der Waals surface area contributed by atoms with Crippen molar-refractivity contribution in [3.05, 3.63) is 51.8 Å². The van der Waals surface area contributed by atoms with Crippen LogP contribution in [0.3, 0.4) is 0 Å². The van der Waals surface area contributed by atoms with Crippen molar-refractivity contribution in [2.24, 2.45) is 5.41 Å². The fraction of sp³-hybridized carbons (Fsp3) is 0.455. The van der Waals surface area contributed by atoms with Crippen molar-refractivity contribution in [3.8, 4) is 5.75 Å². The average molecular weight is 451 g/mol. The zero-order valence-electron chi connectivity index (χ0n) is 18.4. The molecular weight excluding hydrogens is 427 g/mol. The number of methoxy groups -OCH3 is 1. The number of halogens is 3. The van der Waals surface area contributed by atoms with Gasteiger partial charge in [-0.15, -0.1) is 0 Å². The predicted octanol–water partition coefficient (Wildman–Crippen LogP) is 4.35. The highest BCUT2D eigenvalue weighted by Crippen LogP contribution is 2.38. The second kappa shape index (κ2) is 8.07. The van der Waals surface area contributed by atoms with Crippen LogP contribution in [-0.2, 0) is 17.5 Å². The number of Topliss-reactive ketones (excluding diaryl/α,β-unsaturated/α-hetero) is 2. The molecule has 0 spiro atoms. The van der Waals surface area contributed by atoms with Crippen LogP contribution in [0.2, 0.25) is 0 Å². The van der Waals surface area contributed by atoms with Gasteiger partial charge < -0.3 is 9.84 Å². The lowest BCUT2D eigenvalue weighted by molar-refractivity contribution is -0.141. The molecule has 0 bridgehead atoms. The van der Waals surface area contributed by atoms with Crippen molar-refractivity contribution < 1.29 is 32.6 Å². The van der Waals surface area contributed by atoms with E-state index >= 15 is 0 Å². The molecule has 0 saturated heterocycles. The van der Waals surface area contributed by atoms with Gasteiger partial charge in [-0.2, -0.15) is 18.3 Å². The minimum absolute atomic E-state index is 0.0155. The quantitative estimate of drug-likeness (QED) is 0.536. The van der Waals surface area contributed by atoms with Crippen molar-refractivity contribution in [1.82, 2.24) is 14.8 Å². The molecule has 0 aliphatic heterocycles. The molecule has 0 aromatic carbocycles. The summed E-state index contributed by atoms with van der Waals surface area (Å²) in [6, 6.07) is 0. The van der Waals surface area contributed by atoms with E-state index in [0.717, 1.165) is 16.4 Å². The molecule has 1 aliphatic carbocycles. The zero-order valence-corrected chi connectivity index (χ0v) is 18.4. The van der Waals surface area contributed by atoms with E-state index in [2.05, 4.69) is 10.1 Å². The topological polar surface area (TPSA) is 94.3 Å². The molecule has 0 saturated carbocycles. The van der Waals surface area contributed by atoms with Gasteiger partial charge in [-0.1, -0.05) is 13.8 Å². The molecule has 0 fully saturated rings. The number of allylic oxidation sites excluding steroid dienone is 2. The lowest BCUT2D eigenvalue weighted by Crippen LogP contribution is -2.29. The molecule has 0 atom stereocenters. The molecule has 0 unspecified atom stereocenters. The van der Waals surface area contributed by atoms with Gasteiger partial charge in [0.2, 0.25) is 5.78 Å². The van der Waals surface area contributed by atoms with Crippen molar-refractivity contribution in [2.75, 3.05) is 7.11 Å². The molecule has 32 heavy (non-hydrogen) atoms. The summed E-state index contributed by atoms with van der Waals surface area (Å²) in [6.07, 6.45) is -2.50. The van der Waals surface area contributed by atoms with E-state index < -0.39 is 45.7 Å². The van der Waals surface area contributed by atoms with E-state index in [4.69, 9.17) is 4.74 Å². The smallest absolute Gasteiger partial charge is 0.435 e. The van der Waals surface area contributed by atoms with E-state index in [0.29, 0.717) is 17.0 Å². The average Bonchev–Trinajstić information content (AvgIpc) is 3.07. The van der Waals surface area contributed by atoms with Gasteiger partial charge in [0.05, 0.1) is 24.9 Å². The second-order valence-electron chi connectivity index (χ2n) is 8.72. The number of pyridine rings is 1. The first kappa shape index (κ1) is 23.5. The van der Waals surface area contributed by atoms with Crippen LogP contribution < -0.4 is 4.74 Å². The maximum absolute atomic E-state index is 13.7. The molecule has 10 heteroatoms. The molecular formula is C22H24F3N3O4. The summed E-state index contributed by atoms with van der Waals surface area (Å²) in [5.74, 6) is -1.82. The van der Waals surface area contributed by atoms with Crippen molar-refractivity contribution in [3.63, 3.8) is 0 Å². The summed E-state index contributed by atoms with van der Waals surface area (Å²) in [5.41, 5.74) is -1.59. The second-order valence-corrected chi connectivity index (χ2v) is 8.72. The van der Waals surface area contributed by atoms with Crippen molar-refractivity contribution in [1.29, 1.82) is 0 Å². The Morgan fingerprint density at radius 3 is 2.50 bits per heavy atom. The summed E-state index contributed by atoms with van der Waals surface area (Å²) < 4.78 is 47.3. The highest BCUT2D eigenvalue weighted by molar-refractivity contribution is 6.27. The van der Waals surface area contributed by atoms with Gasteiger partial charge in [-0.05, 0) is 19.3 Å². The number of carbonyl (C=O) groups excluding carboxylic acids is 2. The van der Waals surface area contributed by atoms with Crippen LogP contribution in [0.1, 0.15) is 59.6 Å². The third kappa shape index (κ3) is 4.39. The summed E-state index contributed by atoms with van der Waals surface area (Å²) in [7, 11) is 1.48. The van der Waals surface area contributed by atoms with E-state index in [1.165, 1.54) is 13.3 Å². The number of rotatable bonds is 5. The lowest BCUT2D eigenvalue weighted by Gasteiger charge is -2.29. The molecule has 2 aromatic heterocycles. The molecule has 2 aromatic rings. The lowest BCUT2D eigenvalue weighted by atomic mass is 9.75. The van der Waals surface area contributed by atoms with Gasteiger partial charge in [-0.25, -0.2) is 0 Å². The molecule has 1 aliphatic rings. The number of hydrogen-bond acceptors (Lipinski definition) is 6. The number of ketones is 2. The summed E-state index contributed by atoms with van der Waals surface area (Å²) in [5, 5.41) is 13.8. The Morgan fingerprint density at radius 2 is 1.94 bits per heavy atom. The van der Waals surface area contributed by atoms with Crippen LogP contribution in [0.5, 0.6) is 5.75 Å². The van der Waals surface area contributed by atoms with E-state index in [-0.39, 0.29) is 19.4 Å². The Morgan fingerprint density at radius 1 is 1.28 bits per heavy atom. The SMILES string of the molecule is COc1c(C)cnc(Cn2cc(C(=O)C3=C(O)CC(C)(C)CC3=O)c(C(F)(F)F)n2)c1C. The Labute approximate surface area is 182 Å². The first-order valence-corrected chi connectivity index (χ1v) is 9.89. The molecule has 0 radical (unpaired) electrons. The summed E-state index contributed by atoms with van der Waals surface area (Å²) >= 11 is 0. The Kier molecular flexibility index (Phi) is 5.92. The number of ether oxygens (including phenoxy) is 1. The maximum Gasteiger partial charge on any atom is 0.435 e. The number of nitrogens with zero attached hydrogens (tertiary/aromatic N) is 3. The van der Waals surface area contributed by atoms with Crippen LogP contribution in [0, 0.1) is 19.3 Å². The predicted molar refractivity (Wildman–Crippen MR) is 109 cm³/mol. The minimum Gasteiger partial charge on any atom is -0.511 e. The van der Waals surface area contributed by atoms with E-state index in [1.54, 1.807) is 27.7 Å². The number of aryl methyl sites for hydroxylation is 1. The molecule has 3 rings (SSSR count). The van der Waals surface area contributed by atoms with Gasteiger partial charge in [0, 0.05) is 36.4 Å². The molecule has 0 amide bonds. The van der Waals surface area contributed by atoms with Crippen LogP contribution >= 0.6 is 0 Å². The largest absolute Gasteiger partial charge is 0.511 e. The van der Waals surface area contributed by atoms with Gasteiger partial charge in [0.25, 0.3) is 0 Å². The van der Waals surface area contributed by atoms with Crippen LogP contribution in [0.4, 0.5) is 13.2 Å². The van der Waals surface area contributed by atoms with Crippen molar-refractivity contribution in [2.45, 2.75) is 53.3 Å². The van der Waals surface area contributed by atoms with E-state index in [9.17, 15) is 27.9 Å². The van der Waals surface area contributed by atoms with Crippen LogP contribution in [0.15, 0.2) is 23.7 Å². The molecule has 7 nitrogen and oxygen atoms in total. The molecule has 172 valence electrons. The third-order valence-electron chi connectivity index (χ3n) is 5.42. The minimum atomic E-state index is -4.93. The van der Waals surface area contributed by atoms with Gasteiger partial charge in [0.15, 0.2) is 11.5 Å². The van der Waals surface area contributed by atoms with Crippen LogP contribution in [-0.4, -0.2) is 38.5 Å². The maximum atomic E-state index is 13.7. The first-order valence-electron chi connectivity index (χ1n) is 9.89. The van der Waals surface area contributed by atoms with Crippen LogP contribution in [0.25, 0.3) is 0 Å². The Hall–Kier alpha value is -3.17. The number of aromatic nitrogens is 3. The summed E-state index contributed by atoms with van der Waals surface area (Å²) in [6.45, 7) is 6.82. The highest BCUT2D eigenvalue weighted by atomic mass is 19.4. The van der Waals surface area contributed by atoms with E-state index in [1.807, 2.05) is 0 Å². The number of alkyl halides is 3. The normalized spacial score (nSPS) is 16.4. The van der Waals surface area contributed by atoms with Gasteiger partial charge >= 0.3 is 6.18 Å². The fourth-order valence-electron chi connectivity index (χ4n) is 3.94. The Balaban J connectivity index is 2.05. The number of aliphatic hydroxyl groups is 1. The number of aliphatic hydroxyl groups excluding tert-OH is 1. The fourth-order valence-corrected chi connectivity index (χ4v) is 3.94. The highest BCUT2D eigenvalue weighted by Gasteiger charge is 2.43. The van der Waals surface area contributed by atoms with Gasteiger partial charge in [-0.3, -0.25) is 19.3 Å². The zero-order chi connectivity index (χ0) is 24.0. The number of hydrogen-bond donors (Lipinski definition) is 1. The monoisotopic (exact) mass is 451 g/mol. The molecule has 1 N–H and O–H groups in total. The Bertz CT molecular complexity index is 1130. The van der Waals surface area contributed by atoms with Crippen molar-refractivity contribution >= 4 is 11.6 Å². The summed E-state index contributed by atoms with van der Waals surface area (Å²) in [4.78, 5) is 29.7. The van der Waals surface area contributed by atoms with Gasteiger partial charge in [0.1, 0.15) is 17.1 Å². The third-order valence-corrected chi connectivity index (χ3v) is 5.42. The first-order chi connectivity index (χ1) is 14.7. The number of carbonyl (C=O) groups is 2.